The van der Waals surface area contributed by atoms with Crippen molar-refractivity contribution in [3.8, 4) is 0 Å². The van der Waals surface area contributed by atoms with Crippen LogP contribution in [0.25, 0.3) is 6.08 Å². The van der Waals surface area contributed by atoms with E-state index in [2.05, 4.69) is 15.9 Å². The van der Waals surface area contributed by atoms with Crippen molar-refractivity contribution in [2.24, 2.45) is 0 Å². The summed E-state index contributed by atoms with van der Waals surface area (Å²) in [6, 6.07) is 7.93. The largest absolute Gasteiger partial charge is 0.303 e. The molecule has 0 fully saturated rings. The minimum atomic E-state index is 0.482. The van der Waals surface area contributed by atoms with Crippen LogP contribution < -0.4 is 0 Å². The van der Waals surface area contributed by atoms with E-state index in [4.69, 9.17) is 0 Å². The van der Waals surface area contributed by atoms with E-state index in [9.17, 15) is 4.79 Å². The van der Waals surface area contributed by atoms with Gasteiger partial charge in [-0.3, -0.25) is 0 Å². The first-order valence-corrected chi connectivity index (χ1v) is 4.48. The van der Waals surface area contributed by atoms with Crippen molar-refractivity contribution >= 4 is 28.3 Å². The molecule has 0 unspecified atom stereocenters. The van der Waals surface area contributed by atoms with Crippen LogP contribution in [0, 0.1) is 0 Å². The molecule has 0 amide bonds. The molecule has 0 aliphatic rings. The summed E-state index contributed by atoms with van der Waals surface area (Å²) in [6.45, 7) is 0. The summed E-state index contributed by atoms with van der Waals surface area (Å²) in [5.74, 6) is 0. The zero-order valence-electron chi connectivity index (χ0n) is 6.53. The quantitative estimate of drug-likeness (QED) is 0.722. The van der Waals surface area contributed by atoms with Crippen LogP contribution in [0.15, 0.2) is 34.8 Å². The number of carbonyl (C=O) groups excluding carboxylic acids is 1. The van der Waals surface area contributed by atoms with Gasteiger partial charge in [-0.05, 0) is 17.7 Å². The van der Waals surface area contributed by atoms with Crippen LogP contribution in [-0.2, 0) is 4.79 Å². The summed E-state index contributed by atoms with van der Waals surface area (Å²) in [5.41, 5.74) is 1.11. The molecule has 0 saturated carbocycles. The predicted octanol–water partition coefficient (Wildman–Crippen LogP) is 3.05. The first-order chi connectivity index (χ1) is 5.83. The molecular weight excluding hydrogens is 216 g/mol. The van der Waals surface area contributed by atoms with Crippen molar-refractivity contribution in [1.82, 2.24) is 0 Å². The molecule has 1 nitrogen and oxygen atoms in total. The van der Waals surface area contributed by atoms with Gasteiger partial charge in [-0.25, -0.2) is 0 Å². The second-order valence-electron chi connectivity index (χ2n) is 2.36. The Balaban J connectivity index is 2.64. The molecule has 62 valence electrons. The summed E-state index contributed by atoms with van der Waals surface area (Å²) in [5, 5.41) is 0. The molecule has 0 aliphatic heterocycles. The second-order valence-corrected chi connectivity index (χ2v) is 3.27. The molecular formula is C10H9BrO. The van der Waals surface area contributed by atoms with E-state index in [1.54, 1.807) is 0 Å². The van der Waals surface area contributed by atoms with E-state index in [0.717, 1.165) is 16.3 Å². The smallest absolute Gasteiger partial charge is 0.123 e. The second kappa shape index (κ2) is 4.88. The highest BCUT2D eigenvalue weighted by Gasteiger charge is 1.85. The first-order valence-electron chi connectivity index (χ1n) is 3.68. The maximum absolute atomic E-state index is 9.99. The van der Waals surface area contributed by atoms with Gasteiger partial charge >= 0.3 is 0 Å². The van der Waals surface area contributed by atoms with Crippen molar-refractivity contribution in [3.05, 3.63) is 40.4 Å². The molecule has 1 rings (SSSR count). The molecule has 1 aromatic carbocycles. The molecule has 0 N–H and O–H groups in total. The molecule has 0 spiro atoms. The van der Waals surface area contributed by atoms with Crippen molar-refractivity contribution in [1.29, 1.82) is 0 Å². The van der Waals surface area contributed by atoms with Gasteiger partial charge in [0.05, 0.1) is 0 Å². The molecule has 2 heteroatoms. The summed E-state index contributed by atoms with van der Waals surface area (Å²) >= 11 is 3.35. The number of hydrogen-bond acceptors (Lipinski definition) is 1. The Morgan fingerprint density at radius 2 is 1.92 bits per heavy atom. The fourth-order valence-corrected chi connectivity index (χ4v) is 1.10. The average Bonchev–Trinajstić information content (AvgIpc) is 2.09. The van der Waals surface area contributed by atoms with E-state index < -0.39 is 0 Å². The highest BCUT2D eigenvalue weighted by atomic mass is 79.9. The molecule has 0 aromatic heterocycles. The van der Waals surface area contributed by atoms with Gasteiger partial charge in [-0.1, -0.05) is 40.2 Å². The van der Waals surface area contributed by atoms with Gasteiger partial charge < -0.3 is 4.79 Å². The third-order valence-electron chi connectivity index (χ3n) is 1.41. The van der Waals surface area contributed by atoms with Crippen LogP contribution in [0.4, 0.5) is 0 Å². The van der Waals surface area contributed by atoms with Crippen molar-refractivity contribution in [3.63, 3.8) is 0 Å². The SMILES string of the molecule is O=CC/C=C\c1ccc(Br)cc1. The number of aldehydes is 1. The summed E-state index contributed by atoms with van der Waals surface area (Å²) in [4.78, 5) is 9.99. The topological polar surface area (TPSA) is 17.1 Å². The summed E-state index contributed by atoms with van der Waals surface area (Å²) in [7, 11) is 0. The molecule has 0 aliphatic carbocycles. The average molecular weight is 225 g/mol. The lowest BCUT2D eigenvalue weighted by Gasteiger charge is -1.91. The van der Waals surface area contributed by atoms with Gasteiger partial charge in [0.15, 0.2) is 0 Å². The third kappa shape index (κ3) is 3.01. The Hall–Kier alpha value is -0.890. The van der Waals surface area contributed by atoms with E-state index in [1.807, 2.05) is 36.4 Å². The Morgan fingerprint density at radius 1 is 1.25 bits per heavy atom. The zero-order valence-corrected chi connectivity index (χ0v) is 8.12. The lowest BCUT2D eigenvalue weighted by molar-refractivity contribution is -0.107. The van der Waals surface area contributed by atoms with Crippen molar-refractivity contribution < 1.29 is 4.79 Å². The van der Waals surface area contributed by atoms with Crippen LogP contribution in [0.5, 0.6) is 0 Å². The first kappa shape index (κ1) is 9.20. The van der Waals surface area contributed by atoms with Crippen LogP contribution >= 0.6 is 15.9 Å². The van der Waals surface area contributed by atoms with Crippen LogP contribution in [0.2, 0.25) is 0 Å². The fraction of sp³-hybridized carbons (Fsp3) is 0.100. The van der Waals surface area contributed by atoms with Crippen LogP contribution in [-0.4, -0.2) is 6.29 Å². The maximum atomic E-state index is 9.99. The fourth-order valence-electron chi connectivity index (χ4n) is 0.834. The van der Waals surface area contributed by atoms with Gasteiger partial charge in [0.25, 0.3) is 0 Å². The van der Waals surface area contributed by atoms with Gasteiger partial charge in [0, 0.05) is 10.9 Å². The van der Waals surface area contributed by atoms with E-state index >= 15 is 0 Å². The summed E-state index contributed by atoms with van der Waals surface area (Å²) in [6.07, 6.45) is 5.14. The molecule has 0 heterocycles. The number of allylic oxidation sites excluding steroid dienone is 1. The van der Waals surface area contributed by atoms with E-state index in [-0.39, 0.29) is 0 Å². The third-order valence-corrected chi connectivity index (χ3v) is 1.94. The van der Waals surface area contributed by atoms with E-state index in [1.165, 1.54) is 0 Å². The number of halogens is 1. The van der Waals surface area contributed by atoms with Gasteiger partial charge in [0.1, 0.15) is 6.29 Å². The minimum Gasteiger partial charge on any atom is -0.303 e. The Bertz CT molecular complexity index is 274. The lowest BCUT2D eigenvalue weighted by Crippen LogP contribution is -1.71. The normalized spacial score (nSPS) is 10.4. The van der Waals surface area contributed by atoms with Crippen molar-refractivity contribution in [2.75, 3.05) is 0 Å². The lowest BCUT2D eigenvalue weighted by atomic mass is 10.2. The van der Waals surface area contributed by atoms with Crippen molar-refractivity contribution in [2.45, 2.75) is 6.42 Å². The van der Waals surface area contributed by atoms with Gasteiger partial charge in [0.2, 0.25) is 0 Å². The highest BCUT2D eigenvalue weighted by Crippen LogP contribution is 2.11. The molecule has 12 heavy (non-hydrogen) atoms. The number of hydrogen-bond donors (Lipinski definition) is 0. The number of benzene rings is 1. The molecule has 0 saturated heterocycles. The monoisotopic (exact) mass is 224 g/mol. The molecule has 0 bridgehead atoms. The maximum Gasteiger partial charge on any atom is 0.123 e. The minimum absolute atomic E-state index is 0.482. The Kier molecular flexibility index (Phi) is 3.74. The zero-order chi connectivity index (χ0) is 8.81. The van der Waals surface area contributed by atoms with E-state index in [0.29, 0.717) is 6.42 Å². The summed E-state index contributed by atoms with van der Waals surface area (Å²) < 4.78 is 1.06. The van der Waals surface area contributed by atoms with Crippen LogP contribution in [0.3, 0.4) is 0 Å². The van der Waals surface area contributed by atoms with Gasteiger partial charge in [-0.2, -0.15) is 0 Å². The standard InChI is InChI=1S/C10H9BrO/c11-10-6-4-9(5-7-10)3-1-2-8-12/h1,3-8H,2H2/b3-1-. The number of carbonyl (C=O) groups is 1. The predicted molar refractivity (Wildman–Crippen MR) is 53.9 cm³/mol. The molecule has 0 atom stereocenters. The molecule has 0 radical (unpaired) electrons. The Labute approximate surface area is 80.2 Å². The number of rotatable bonds is 3. The van der Waals surface area contributed by atoms with Crippen LogP contribution in [0.1, 0.15) is 12.0 Å². The molecule has 1 aromatic rings. The Morgan fingerprint density at radius 3 is 2.50 bits per heavy atom. The van der Waals surface area contributed by atoms with Gasteiger partial charge in [-0.15, -0.1) is 0 Å². The highest BCUT2D eigenvalue weighted by molar-refractivity contribution is 9.10.